The number of halogens is 3. The van der Waals surface area contributed by atoms with E-state index in [1.54, 1.807) is 4.90 Å². The molecule has 4 nitrogen and oxygen atoms in total. The summed E-state index contributed by atoms with van der Waals surface area (Å²) < 4.78 is 32.9. The molecular formula is C11H11ClF2N2O2. The summed E-state index contributed by atoms with van der Waals surface area (Å²) in [5.74, 6) is -1.50. The number of benzene rings is 1. The zero-order valence-corrected chi connectivity index (χ0v) is 10.2. The lowest BCUT2D eigenvalue weighted by Crippen LogP contribution is -2.37. The predicted molar refractivity (Wildman–Crippen MR) is 63.8 cm³/mol. The molecule has 1 aromatic rings. The SMILES string of the molecule is O=NC(Cl)c1cc(F)c(N2CCOCC2)c(F)c1. The highest BCUT2D eigenvalue weighted by molar-refractivity contribution is 6.20. The minimum atomic E-state index is -1.28. The van der Waals surface area contributed by atoms with Crippen LogP contribution in [0.5, 0.6) is 0 Å². The van der Waals surface area contributed by atoms with Crippen LogP contribution in [-0.4, -0.2) is 26.3 Å². The average molecular weight is 277 g/mol. The summed E-state index contributed by atoms with van der Waals surface area (Å²) in [6, 6.07) is 2.07. The maximum absolute atomic E-state index is 13.9. The molecule has 1 aliphatic rings. The molecule has 1 heterocycles. The third-order valence-corrected chi connectivity index (χ3v) is 3.07. The number of morpholine rings is 1. The molecule has 0 bridgehead atoms. The Hall–Kier alpha value is -1.27. The van der Waals surface area contributed by atoms with E-state index in [-0.39, 0.29) is 11.3 Å². The highest BCUT2D eigenvalue weighted by Gasteiger charge is 2.22. The van der Waals surface area contributed by atoms with Crippen molar-refractivity contribution in [1.29, 1.82) is 0 Å². The van der Waals surface area contributed by atoms with Gasteiger partial charge in [0.25, 0.3) is 0 Å². The lowest BCUT2D eigenvalue weighted by atomic mass is 10.1. The molecule has 1 aliphatic heterocycles. The van der Waals surface area contributed by atoms with Gasteiger partial charge in [-0.25, -0.2) is 8.78 Å². The Kier molecular flexibility index (Phi) is 4.08. The van der Waals surface area contributed by atoms with Crippen LogP contribution in [0.25, 0.3) is 0 Å². The smallest absolute Gasteiger partial charge is 0.190 e. The fourth-order valence-electron chi connectivity index (χ4n) is 1.87. The average Bonchev–Trinajstić information content (AvgIpc) is 2.38. The molecule has 7 heteroatoms. The van der Waals surface area contributed by atoms with Gasteiger partial charge in [-0.05, 0) is 17.3 Å². The van der Waals surface area contributed by atoms with Crippen LogP contribution in [0.4, 0.5) is 14.5 Å². The molecule has 1 unspecified atom stereocenters. The van der Waals surface area contributed by atoms with Gasteiger partial charge in [0.1, 0.15) is 17.3 Å². The van der Waals surface area contributed by atoms with Crippen molar-refractivity contribution >= 4 is 17.3 Å². The topological polar surface area (TPSA) is 41.9 Å². The van der Waals surface area contributed by atoms with Gasteiger partial charge < -0.3 is 9.64 Å². The molecule has 1 atom stereocenters. The van der Waals surface area contributed by atoms with E-state index in [2.05, 4.69) is 5.18 Å². The number of anilines is 1. The fraction of sp³-hybridized carbons (Fsp3) is 0.455. The number of nitrogens with zero attached hydrogens (tertiary/aromatic N) is 2. The number of nitroso groups, excluding NO2 is 1. The van der Waals surface area contributed by atoms with Gasteiger partial charge in [0, 0.05) is 18.7 Å². The Morgan fingerprint density at radius 1 is 1.28 bits per heavy atom. The Labute approximate surface area is 107 Å². The molecule has 0 spiro atoms. The van der Waals surface area contributed by atoms with Crippen LogP contribution in [-0.2, 0) is 4.74 Å². The lowest BCUT2D eigenvalue weighted by Gasteiger charge is -2.29. The first-order valence-electron chi connectivity index (χ1n) is 5.41. The summed E-state index contributed by atoms with van der Waals surface area (Å²) in [6.07, 6.45) is 0. The Morgan fingerprint density at radius 3 is 2.33 bits per heavy atom. The molecule has 0 amide bonds. The number of alkyl halides is 1. The van der Waals surface area contributed by atoms with Crippen LogP contribution in [0.3, 0.4) is 0 Å². The minimum absolute atomic E-state index is 0.0127. The monoisotopic (exact) mass is 276 g/mol. The van der Waals surface area contributed by atoms with Gasteiger partial charge in [-0.1, -0.05) is 11.6 Å². The van der Waals surface area contributed by atoms with Gasteiger partial charge in [0.2, 0.25) is 0 Å². The number of rotatable bonds is 3. The van der Waals surface area contributed by atoms with E-state index in [1.165, 1.54) is 0 Å². The standard InChI is InChI=1S/C11H11ClF2N2O2/c12-11(15-17)7-5-8(13)10(9(14)6-7)16-1-3-18-4-2-16/h5-6,11H,1-4H2. The maximum Gasteiger partial charge on any atom is 0.190 e. The van der Waals surface area contributed by atoms with Crippen molar-refractivity contribution in [1.82, 2.24) is 0 Å². The molecule has 18 heavy (non-hydrogen) atoms. The molecule has 1 saturated heterocycles. The second-order valence-electron chi connectivity index (χ2n) is 3.87. The maximum atomic E-state index is 13.9. The number of ether oxygens (including phenoxy) is 1. The van der Waals surface area contributed by atoms with Crippen molar-refractivity contribution in [2.24, 2.45) is 5.18 Å². The Balaban J connectivity index is 2.34. The zero-order chi connectivity index (χ0) is 13.1. The van der Waals surface area contributed by atoms with Gasteiger partial charge in [0.05, 0.1) is 13.2 Å². The van der Waals surface area contributed by atoms with E-state index in [4.69, 9.17) is 16.3 Å². The van der Waals surface area contributed by atoms with Crippen molar-refractivity contribution < 1.29 is 13.5 Å². The Bertz CT molecular complexity index is 430. The van der Waals surface area contributed by atoms with E-state index in [0.29, 0.717) is 26.3 Å². The zero-order valence-electron chi connectivity index (χ0n) is 9.41. The lowest BCUT2D eigenvalue weighted by molar-refractivity contribution is 0.122. The molecular weight excluding hydrogens is 266 g/mol. The van der Waals surface area contributed by atoms with Crippen LogP contribution in [0, 0.1) is 16.5 Å². The molecule has 0 radical (unpaired) electrons. The van der Waals surface area contributed by atoms with Crippen molar-refractivity contribution in [3.8, 4) is 0 Å². The summed E-state index contributed by atoms with van der Waals surface area (Å²) in [5.41, 5.74) is -1.39. The van der Waals surface area contributed by atoms with E-state index in [9.17, 15) is 13.7 Å². The third-order valence-electron chi connectivity index (χ3n) is 2.73. The van der Waals surface area contributed by atoms with Crippen LogP contribution in [0.1, 0.15) is 11.1 Å². The summed E-state index contributed by atoms with van der Waals surface area (Å²) in [7, 11) is 0. The van der Waals surface area contributed by atoms with Crippen molar-refractivity contribution in [2.75, 3.05) is 31.2 Å². The summed E-state index contributed by atoms with van der Waals surface area (Å²) in [5, 5.41) is 2.53. The van der Waals surface area contributed by atoms with E-state index < -0.39 is 17.1 Å². The molecule has 98 valence electrons. The van der Waals surface area contributed by atoms with Gasteiger partial charge >= 0.3 is 0 Å². The predicted octanol–water partition coefficient (Wildman–Crippen LogP) is 2.81. The molecule has 1 aromatic carbocycles. The number of hydrogen-bond acceptors (Lipinski definition) is 4. The first-order chi connectivity index (χ1) is 8.63. The van der Waals surface area contributed by atoms with Gasteiger partial charge in [0.15, 0.2) is 5.50 Å². The first-order valence-corrected chi connectivity index (χ1v) is 5.85. The second-order valence-corrected chi connectivity index (χ2v) is 4.29. The highest BCUT2D eigenvalue weighted by Crippen LogP contribution is 2.30. The van der Waals surface area contributed by atoms with Crippen molar-refractivity contribution in [2.45, 2.75) is 5.50 Å². The van der Waals surface area contributed by atoms with Gasteiger partial charge in [-0.15, -0.1) is 4.91 Å². The largest absolute Gasteiger partial charge is 0.378 e. The molecule has 2 rings (SSSR count). The van der Waals surface area contributed by atoms with Crippen LogP contribution >= 0.6 is 11.6 Å². The quantitative estimate of drug-likeness (QED) is 0.484. The number of hydrogen-bond donors (Lipinski definition) is 0. The van der Waals surface area contributed by atoms with Crippen LogP contribution < -0.4 is 4.90 Å². The fourth-order valence-corrected chi connectivity index (χ4v) is 2.00. The Morgan fingerprint density at radius 2 is 1.83 bits per heavy atom. The van der Waals surface area contributed by atoms with E-state index in [1.807, 2.05) is 0 Å². The summed E-state index contributed by atoms with van der Waals surface area (Å²) >= 11 is 5.53. The first kappa shape index (κ1) is 13.2. The van der Waals surface area contributed by atoms with E-state index in [0.717, 1.165) is 12.1 Å². The van der Waals surface area contributed by atoms with Gasteiger partial charge in [-0.3, -0.25) is 0 Å². The van der Waals surface area contributed by atoms with Crippen molar-refractivity contribution in [3.63, 3.8) is 0 Å². The summed E-state index contributed by atoms with van der Waals surface area (Å²) in [6.45, 7) is 1.69. The molecule has 0 saturated carbocycles. The van der Waals surface area contributed by atoms with E-state index >= 15 is 0 Å². The molecule has 0 aliphatic carbocycles. The van der Waals surface area contributed by atoms with Crippen LogP contribution in [0.15, 0.2) is 17.3 Å². The molecule has 1 fully saturated rings. The summed E-state index contributed by atoms with van der Waals surface area (Å²) in [4.78, 5) is 11.8. The highest BCUT2D eigenvalue weighted by atomic mass is 35.5. The second kappa shape index (κ2) is 5.58. The minimum Gasteiger partial charge on any atom is -0.378 e. The normalized spacial score (nSPS) is 17.6. The third kappa shape index (κ3) is 2.59. The van der Waals surface area contributed by atoms with Gasteiger partial charge in [-0.2, -0.15) is 0 Å². The van der Waals surface area contributed by atoms with Crippen LogP contribution in [0.2, 0.25) is 0 Å². The molecule has 0 aromatic heterocycles. The molecule has 0 N–H and O–H groups in total. The van der Waals surface area contributed by atoms with Crippen molar-refractivity contribution in [3.05, 3.63) is 34.2 Å².